The van der Waals surface area contributed by atoms with E-state index in [9.17, 15) is 9.18 Å². The van der Waals surface area contributed by atoms with Gasteiger partial charge in [-0.1, -0.05) is 31.2 Å². The van der Waals surface area contributed by atoms with Gasteiger partial charge in [0.05, 0.1) is 11.9 Å². The first-order valence-corrected chi connectivity index (χ1v) is 8.87. The Bertz CT molecular complexity index is 1010. The van der Waals surface area contributed by atoms with Gasteiger partial charge in [-0.2, -0.15) is 9.78 Å². The molecule has 0 aliphatic carbocycles. The maximum absolute atomic E-state index is 13.2. The molecule has 0 radical (unpaired) electrons. The third kappa shape index (κ3) is 4.60. The molecule has 0 spiro atoms. The van der Waals surface area contributed by atoms with Crippen LogP contribution in [0, 0.1) is 5.82 Å². The minimum absolute atomic E-state index is 0.0202. The van der Waals surface area contributed by atoms with Crippen molar-refractivity contribution in [3.05, 3.63) is 47.0 Å². The second-order valence-electron chi connectivity index (χ2n) is 5.99. The number of hydrogen-bond donors (Lipinski definition) is 2. The molecule has 0 atom stereocenters. The van der Waals surface area contributed by atoms with Crippen LogP contribution in [0.25, 0.3) is 5.82 Å². The summed E-state index contributed by atoms with van der Waals surface area (Å²) >= 11 is 0. The topological polar surface area (TPSA) is 140 Å². The van der Waals surface area contributed by atoms with Crippen LogP contribution in [-0.2, 0) is 6.54 Å². The molecule has 152 valence electrons. The summed E-state index contributed by atoms with van der Waals surface area (Å²) in [4.78, 5) is 14.7. The molecule has 0 fully saturated rings. The first-order chi connectivity index (χ1) is 14.0. The lowest BCUT2D eigenvalue weighted by Gasteiger charge is -2.18. The van der Waals surface area contributed by atoms with Crippen LogP contribution in [0.2, 0.25) is 0 Å². The van der Waals surface area contributed by atoms with Gasteiger partial charge in [-0.25, -0.2) is 14.4 Å². The van der Waals surface area contributed by atoms with Crippen LogP contribution in [0.3, 0.4) is 0 Å². The molecule has 1 amide bonds. The van der Waals surface area contributed by atoms with Crippen molar-refractivity contribution in [3.63, 3.8) is 0 Å². The molecule has 0 aliphatic rings. The van der Waals surface area contributed by atoms with E-state index in [1.54, 1.807) is 12.1 Å². The van der Waals surface area contributed by atoms with Crippen molar-refractivity contribution < 1.29 is 13.8 Å². The summed E-state index contributed by atoms with van der Waals surface area (Å²) in [5, 5.41) is 19.0. The maximum atomic E-state index is 13.2. The van der Waals surface area contributed by atoms with Gasteiger partial charge in [-0.05, 0) is 41.1 Å². The van der Waals surface area contributed by atoms with E-state index in [4.69, 9.17) is 5.73 Å². The van der Waals surface area contributed by atoms with Crippen LogP contribution in [0.5, 0.6) is 0 Å². The number of benzene rings is 1. The van der Waals surface area contributed by atoms with Crippen LogP contribution in [0.15, 0.2) is 34.0 Å². The zero-order valence-electron chi connectivity index (χ0n) is 15.9. The van der Waals surface area contributed by atoms with Crippen molar-refractivity contribution in [1.29, 1.82) is 0 Å². The first-order valence-electron chi connectivity index (χ1n) is 8.87. The third-order valence-corrected chi connectivity index (χ3v) is 4.17. The van der Waals surface area contributed by atoms with Crippen molar-refractivity contribution in [2.75, 3.05) is 18.8 Å². The second kappa shape index (κ2) is 9.01. The van der Waals surface area contributed by atoms with E-state index in [1.165, 1.54) is 23.0 Å². The second-order valence-corrected chi connectivity index (χ2v) is 5.99. The molecule has 29 heavy (non-hydrogen) atoms. The lowest BCUT2D eigenvalue weighted by molar-refractivity contribution is 0.0948. The lowest BCUT2D eigenvalue weighted by Crippen LogP contribution is -2.27. The fraction of sp³-hybridized carbons (Fsp3) is 0.294. The Morgan fingerprint density at radius 2 is 2.17 bits per heavy atom. The summed E-state index contributed by atoms with van der Waals surface area (Å²) in [6.45, 7) is 5.84. The first kappa shape index (κ1) is 20.1. The van der Waals surface area contributed by atoms with Crippen LogP contribution in [-0.4, -0.2) is 55.4 Å². The van der Waals surface area contributed by atoms with Gasteiger partial charge in [0.2, 0.25) is 11.6 Å². The van der Waals surface area contributed by atoms with E-state index < -0.39 is 11.7 Å². The Balaban J connectivity index is 1.86. The number of carbonyl (C=O) groups excluding carboxylic acids is 1. The van der Waals surface area contributed by atoms with E-state index in [1.807, 2.05) is 13.8 Å². The number of carbonyl (C=O) groups is 1. The lowest BCUT2D eigenvalue weighted by atomic mass is 10.2. The van der Waals surface area contributed by atoms with Gasteiger partial charge in [-0.3, -0.25) is 9.69 Å². The minimum atomic E-state index is -0.582. The monoisotopic (exact) mass is 401 g/mol. The van der Waals surface area contributed by atoms with Crippen molar-refractivity contribution in [2.45, 2.75) is 20.4 Å². The van der Waals surface area contributed by atoms with Crippen molar-refractivity contribution in [2.24, 2.45) is 5.10 Å². The van der Waals surface area contributed by atoms with E-state index in [0.29, 0.717) is 17.8 Å². The third-order valence-electron chi connectivity index (χ3n) is 4.17. The normalized spacial score (nSPS) is 11.4. The van der Waals surface area contributed by atoms with Gasteiger partial charge in [0.25, 0.3) is 5.91 Å². The average Bonchev–Trinajstić information content (AvgIpc) is 3.31. The Kier molecular flexibility index (Phi) is 6.24. The molecule has 3 N–H and O–H groups in total. The summed E-state index contributed by atoms with van der Waals surface area (Å²) in [6.07, 6.45) is 1.33. The molecular formula is C17H20FN9O2. The minimum Gasteiger partial charge on any atom is -0.378 e. The zero-order valence-corrected chi connectivity index (χ0v) is 15.9. The summed E-state index contributed by atoms with van der Waals surface area (Å²) in [5.41, 5.74) is 9.13. The Labute approximate surface area is 165 Å². The number of rotatable bonds is 8. The highest BCUT2D eigenvalue weighted by Gasteiger charge is 2.24. The summed E-state index contributed by atoms with van der Waals surface area (Å²) < 4.78 is 19.2. The molecular weight excluding hydrogens is 381 g/mol. The van der Waals surface area contributed by atoms with Crippen molar-refractivity contribution in [1.82, 2.24) is 35.6 Å². The highest BCUT2D eigenvalue weighted by Crippen LogP contribution is 2.17. The molecule has 0 saturated heterocycles. The number of nitrogens with two attached hydrogens (primary N) is 1. The number of nitrogen functional groups attached to an aromatic ring is 1. The molecule has 2 aromatic heterocycles. The number of anilines is 1. The average molecular weight is 401 g/mol. The number of nitrogens with zero attached hydrogens (tertiary/aromatic N) is 7. The van der Waals surface area contributed by atoms with Gasteiger partial charge in [0.1, 0.15) is 5.82 Å². The van der Waals surface area contributed by atoms with E-state index in [2.05, 4.69) is 40.7 Å². The predicted octanol–water partition coefficient (Wildman–Crippen LogP) is 0.977. The smallest absolute Gasteiger partial charge is 0.293 e. The predicted molar refractivity (Wildman–Crippen MR) is 102 cm³/mol. The molecule has 2 heterocycles. The zero-order chi connectivity index (χ0) is 20.8. The molecule has 3 aromatic rings. The Hall–Kier alpha value is -3.67. The molecule has 12 heteroatoms. The van der Waals surface area contributed by atoms with Gasteiger partial charge < -0.3 is 5.73 Å². The molecule has 0 saturated carbocycles. The van der Waals surface area contributed by atoms with Gasteiger partial charge in [-0.15, -0.1) is 5.10 Å². The van der Waals surface area contributed by atoms with E-state index in [-0.39, 0.29) is 17.3 Å². The Morgan fingerprint density at radius 3 is 2.83 bits per heavy atom. The fourth-order valence-electron chi connectivity index (χ4n) is 2.59. The molecule has 0 aliphatic heterocycles. The molecule has 0 unspecified atom stereocenters. The number of nitrogens with one attached hydrogen (secondary N) is 1. The number of amides is 1. The number of hydrogen-bond acceptors (Lipinski definition) is 9. The molecule has 3 rings (SSSR count). The standard InChI is InChI=1S/C17H20FN9O2/c1-3-26(4-2)10-13-14(21-25-27(13)16-15(19)23-29-24-16)17(28)22-20-9-11-6-5-7-12(18)8-11/h5-9H,3-4,10H2,1-2H3,(H2,19,23)(H,22,28)/b20-9-. The van der Waals surface area contributed by atoms with Gasteiger partial charge in [0.15, 0.2) is 5.69 Å². The quantitative estimate of drug-likeness (QED) is 0.420. The molecule has 11 nitrogen and oxygen atoms in total. The number of aromatic nitrogens is 5. The largest absolute Gasteiger partial charge is 0.378 e. The van der Waals surface area contributed by atoms with E-state index >= 15 is 0 Å². The fourth-order valence-corrected chi connectivity index (χ4v) is 2.59. The van der Waals surface area contributed by atoms with Gasteiger partial charge >= 0.3 is 0 Å². The van der Waals surface area contributed by atoms with E-state index in [0.717, 1.165) is 13.1 Å². The Morgan fingerprint density at radius 1 is 1.38 bits per heavy atom. The summed E-state index contributed by atoms with van der Waals surface area (Å²) in [7, 11) is 0. The van der Waals surface area contributed by atoms with Crippen LogP contribution >= 0.6 is 0 Å². The molecule has 0 bridgehead atoms. The van der Waals surface area contributed by atoms with Crippen molar-refractivity contribution in [3.8, 4) is 5.82 Å². The highest BCUT2D eigenvalue weighted by molar-refractivity contribution is 5.94. The number of hydrazone groups is 1. The molecule has 1 aromatic carbocycles. The van der Waals surface area contributed by atoms with Crippen LogP contribution < -0.4 is 11.2 Å². The van der Waals surface area contributed by atoms with Crippen LogP contribution in [0.4, 0.5) is 10.2 Å². The van der Waals surface area contributed by atoms with Crippen LogP contribution in [0.1, 0.15) is 35.6 Å². The summed E-state index contributed by atoms with van der Waals surface area (Å²) in [5.74, 6) is -0.821. The van der Waals surface area contributed by atoms with Crippen molar-refractivity contribution >= 4 is 17.9 Å². The van der Waals surface area contributed by atoms with Gasteiger partial charge in [0, 0.05) is 6.54 Å². The maximum Gasteiger partial charge on any atom is 0.293 e. The SMILES string of the molecule is CCN(CC)Cc1c(C(=O)N/N=C\c2cccc(F)c2)nnn1-c1nonc1N. The number of halogens is 1. The highest BCUT2D eigenvalue weighted by atomic mass is 19.1. The summed E-state index contributed by atoms with van der Waals surface area (Å²) in [6, 6.07) is 5.81.